The molecule has 0 unspecified atom stereocenters. The van der Waals surface area contributed by atoms with Gasteiger partial charge in [0.05, 0.1) is 13.2 Å². The summed E-state index contributed by atoms with van der Waals surface area (Å²) in [6.07, 6.45) is 3.66. The Bertz CT molecular complexity index is 226. The number of unbranched alkanes of at least 4 members (excludes halogenated alkanes) is 1. The summed E-state index contributed by atoms with van der Waals surface area (Å²) in [6.45, 7) is 4.55. The Balaban J connectivity index is 2.34. The molecule has 1 heterocycles. The first-order valence-electron chi connectivity index (χ1n) is 4.95. The normalized spacial score (nSPS) is 11.1. The van der Waals surface area contributed by atoms with Crippen LogP contribution in [0.3, 0.4) is 0 Å². The Kier molecular flexibility index (Phi) is 5.17. The average molecular weight is 199 g/mol. The topological polar surface area (TPSA) is 62.4 Å². The van der Waals surface area contributed by atoms with Gasteiger partial charge in [0, 0.05) is 6.54 Å². The fraction of sp³-hybridized carbons (Fsp3) is 0.778. The first-order chi connectivity index (χ1) is 6.86. The van der Waals surface area contributed by atoms with Crippen molar-refractivity contribution in [2.75, 3.05) is 19.7 Å². The highest BCUT2D eigenvalue weighted by Crippen LogP contribution is 2.01. The van der Waals surface area contributed by atoms with Crippen molar-refractivity contribution < 1.29 is 9.63 Å². The van der Waals surface area contributed by atoms with Crippen LogP contribution in [0.2, 0.25) is 0 Å². The van der Waals surface area contributed by atoms with Gasteiger partial charge in [0.15, 0.2) is 6.33 Å². The zero-order valence-corrected chi connectivity index (χ0v) is 8.52. The van der Waals surface area contributed by atoms with E-state index in [2.05, 4.69) is 22.0 Å². The number of nitrogens with zero attached hydrogens (tertiary/aromatic N) is 3. The van der Waals surface area contributed by atoms with E-state index in [9.17, 15) is 0 Å². The monoisotopic (exact) mass is 199 g/mol. The predicted molar refractivity (Wildman–Crippen MR) is 51.6 cm³/mol. The third-order valence-corrected chi connectivity index (χ3v) is 2.01. The summed E-state index contributed by atoms with van der Waals surface area (Å²) < 4.78 is 4.91. The van der Waals surface area contributed by atoms with Gasteiger partial charge in [0.2, 0.25) is 5.89 Å². The molecule has 5 heteroatoms. The second kappa shape index (κ2) is 6.50. The van der Waals surface area contributed by atoms with Gasteiger partial charge in [-0.15, -0.1) is 0 Å². The van der Waals surface area contributed by atoms with Gasteiger partial charge < -0.3 is 9.63 Å². The van der Waals surface area contributed by atoms with E-state index in [0.29, 0.717) is 19.0 Å². The smallest absolute Gasteiger partial charge is 0.240 e. The van der Waals surface area contributed by atoms with E-state index in [4.69, 9.17) is 9.63 Å². The standard InChI is InChI=1S/C9H17N3O2/c1-2-3-4-12(5-6-13)7-9-10-8-11-14-9/h8,13H,2-7H2,1H3. The Morgan fingerprint density at radius 1 is 1.50 bits per heavy atom. The van der Waals surface area contributed by atoms with Gasteiger partial charge in [-0.2, -0.15) is 4.98 Å². The van der Waals surface area contributed by atoms with Crippen molar-refractivity contribution in [3.05, 3.63) is 12.2 Å². The van der Waals surface area contributed by atoms with E-state index >= 15 is 0 Å². The van der Waals surface area contributed by atoms with Crippen LogP contribution < -0.4 is 0 Å². The molecule has 1 N–H and O–H groups in total. The SMILES string of the molecule is CCCCN(CCO)Cc1ncno1. The third kappa shape index (κ3) is 3.85. The maximum Gasteiger partial charge on any atom is 0.240 e. The molecule has 1 rings (SSSR count). The molecule has 0 aromatic carbocycles. The molecule has 0 saturated carbocycles. The van der Waals surface area contributed by atoms with Gasteiger partial charge in [0.25, 0.3) is 0 Å². The Morgan fingerprint density at radius 2 is 2.36 bits per heavy atom. The molecule has 0 fully saturated rings. The second-order valence-corrected chi connectivity index (χ2v) is 3.19. The van der Waals surface area contributed by atoms with E-state index < -0.39 is 0 Å². The van der Waals surface area contributed by atoms with Crippen molar-refractivity contribution in [3.8, 4) is 0 Å². The second-order valence-electron chi connectivity index (χ2n) is 3.19. The van der Waals surface area contributed by atoms with Crippen molar-refractivity contribution in [1.82, 2.24) is 15.0 Å². The number of rotatable bonds is 7. The minimum Gasteiger partial charge on any atom is -0.395 e. The Morgan fingerprint density at radius 3 is 2.93 bits per heavy atom. The lowest BCUT2D eigenvalue weighted by Gasteiger charge is -2.18. The molecule has 5 nitrogen and oxygen atoms in total. The van der Waals surface area contributed by atoms with E-state index in [0.717, 1.165) is 19.4 Å². The van der Waals surface area contributed by atoms with Gasteiger partial charge in [-0.05, 0) is 13.0 Å². The molecule has 0 saturated heterocycles. The van der Waals surface area contributed by atoms with E-state index in [-0.39, 0.29) is 6.61 Å². The van der Waals surface area contributed by atoms with Crippen molar-refractivity contribution in [1.29, 1.82) is 0 Å². The quantitative estimate of drug-likeness (QED) is 0.699. The summed E-state index contributed by atoms with van der Waals surface area (Å²) in [6, 6.07) is 0. The molecule has 0 aliphatic rings. The lowest BCUT2D eigenvalue weighted by atomic mass is 10.3. The van der Waals surface area contributed by atoms with Crippen LogP contribution in [0.5, 0.6) is 0 Å². The van der Waals surface area contributed by atoms with Crippen LogP contribution in [0.1, 0.15) is 25.7 Å². The minimum absolute atomic E-state index is 0.165. The molecular weight excluding hydrogens is 182 g/mol. The molecule has 80 valence electrons. The van der Waals surface area contributed by atoms with Gasteiger partial charge in [-0.3, -0.25) is 4.90 Å². The summed E-state index contributed by atoms with van der Waals surface area (Å²) in [4.78, 5) is 6.05. The molecular formula is C9H17N3O2. The fourth-order valence-electron chi connectivity index (χ4n) is 1.25. The summed E-state index contributed by atoms with van der Waals surface area (Å²) in [5, 5.41) is 12.4. The lowest BCUT2D eigenvalue weighted by molar-refractivity contribution is 0.172. The maximum absolute atomic E-state index is 8.86. The molecule has 0 radical (unpaired) electrons. The van der Waals surface area contributed by atoms with Crippen molar-refractivity contribution >= 4 is 0 Å². The summed E-state index contributed by atoms with van der Waals surface area (Å²) in [5.41, 5.74) is 0. The first kappa shape index (κ1) is 11.1. The van der Waals surface area contributed by atoms with Crippen LogP contribution in [0.15, 0.2) is 10.9 Å². The fourth-order valence-corrected chi connectivity index (χ4v) is 1.25. The molecule has 0 spiro atoms. The summed E-state index contributed by atoms with van der Waals surface area (Å²) >= 11 is 0. The molecule has 0 aliphatic heterocycles. The van der Waals surface area contributed by atoms with Crippen LogP contribution in [-0.4, -0.2) is 39.8 Å². The van der Waals surface area contributed by atoms with Crippen molar-refractivity contribution in [3.63, 3.8) is 0 Å². The van der Waals surface area contributed by atoms with E-state index in [1.807, 2.05) is 0 Å². The zero-order chi connectivity index (χ0) is 10.2. The minimum atomic E-state index is 0.165. The van der Waals surface area contributed by atoms with Gasteiger partial charge in [0.1, 0.15) is 0 Å². The van der Waals surface area contributed by atoms with E-state index in [1.165, 1.54) is 6.33 Å². The number of hydrogen-bond acceptors (Lipinski definition) is 5. The zero-order valence-electron chi connectivity index (χ0n) is 8.52. The number of aliphatic hydroxyl groups is 1. The number of aliphatic hydroxyl groups excluding tert-OH is 1. The highest BCUT2D eigenvalue weighted by molar-refractivity contribution is 4.74. The van der Waals surface area contributed by atoms with Crippen LogP contribution in [0.25, 0.3) is 0 Å². The van der Waals surface area contributed by atoms with Crippen LogP contribution in [-0.2, 0) is 6.54 Å². The molecule has 0 atom stereocenters. The number of hydrogen-bond donors (Lipinski definition) is 1. The van der Waals surface area contributed by atoms with Gasteiger partial charge >= 0.3 is 0 Å². The average Bonchev–Trinajstić information content (AvgIpc) is 2.67. The third-order valence-electron chi connectivity index (χ3n) is 2.01. The predicted octanol–water partition coefficient (Wildman–Crippen LogP) is 0.664. The maximum atomic E-state index is 8.86. The molecule has 1 aromatic rings. The molecule has 0 amide bonds. The first-order valence-corrected chi connectivity index (χ1v) is 4.95. The Labute approximate surface area is 83.7 Å². The van der Waals surface area contributed by atoms with Crippen LogP contribution in [0, 0.1) is 0 Å². The molecule has 14 heavy (non-hydrogen) atoms. The Hall–Kier alpha value is -0.940. The molecule has 0 bridgehead atoms. The van der Waals surface area contributed by atoms with E-state index in [1.54, 1.807) is 0 Å². The van der Waals surface area contributed by atoms with Crippen LogP contribution in [0.4, 0.5) is 0 Å². The van der Waals surface area contributed by atoms with Crippen molar-refractivity contribution in [2.24, 2.45) is 0 Å². The van der Waals surface area contributed by atoms with Gasteiger partial charge in [-0.1, -0.05) is 18.5 Å². The van der Waals surface area contributed by atoms with Crippen LogP contribution >= 0.6 is 0 Å². The van der Waals surface area contributed by atoms with Gasteiger partial charge in [-0.25, -0.2) is 0 Å². The lowest BCUT2D eigenvalue weighted by Crippen LogP contribution is -2.27. The summed E-state index contributed by atoms with van der Waals surface area (Å²) in [5.74, 6) is 0.606. The summed E-state index contributed by atoms with van der Waals surface area (Å²) in [7, 11) is 0. The van der Waals surface area contributed by atoms with Crippen molar-refractivity contribution in [2.45, 2.75) is 26.3 Å². The largest absolute Gasteiger partial charge is 0.395 e. The molecule has 0 aliphatic carbocycles. The highest BCUT2D eigenvalue weighted by atomic mass is 16.5. The number of aromatic nitrogens is 2. The molecule has 1 aromatic heterocycles. The highest BCUT2D eigenvalue weighted by Gasteiger charge is 2.07.